The molecule has 27 heavy (non-hydrogen) atoms. The van der Waals surface area contributed by atoms with Crippen LogP contribution in [0.15, 0.2) is 53.4 Å². The van der Waals surface area contributed by atoms with Crippen molar-refractivity contribution in [2.45, 2.75) is 25.7 Å². The van der Waals surface area contributed by atoms with E-state index in [9.17, 15) is 18.0 Å². The smallest absolute Gasteiger partial charge is 0.256 e. The van der Waals surface area contributed by atoms with Gasteiger partial charge >= 0.3 is 0 Å². The number of nitrogens with zero attached hydrogens (tertiary/aromatic N) is 1. The Hall–Kier alpha value is -2.67. The normalized spacial score (nSPS) is 11.1. The van der Waals surface area contributed by atoms with Crippen molar-refractivity contribution in [3.8, 4) is 0 Å². The molecule has 2 rings (SSSR count). The maximum atomic E-state index is 12.7. The Morgan fingerprint density at radius 3 is 2.26 bits per heavy atom. The van der Waals surface area contributed by atoms with Gasteiger partial charge in [0, 0.05) is 24.3 Å². The van der Waals surface area contributed by atoms with Crippen LogP contribution in [0, 0.1) is 0 Å². The van der Waals surface area contributed by atoms with Crippen LogP contribution in [-0.2, 0) is 9.84 Å². The summed E-state index contributed by atoms with van der Waals surface area (Å²) in [7, 11) is -3.53. The molecule has 0 aromatic heterocycles. The second kappa shape index (κ2) is 8.81. The summed E-state index contributed by atoms with van der Waals surface area (Å²) >= 11 is 0. The van der Waals surface area contributed by atoms with Crippen molar-refractivity contribution in [2.24, 2.45) is 0 Å². The number of rotatable bonds is 7. The zero-order chi connectivity index (χ0) is 20.0. The highest BCUT2D eigenvalue weighted by molar-refractivity contribution is 7.91. The van der Waals surface area contributed by atoms with E-state index in [0.717, 1.165) is 0 Å². The van der Waals surface area contributed by atoms with Crippen LogP contribution in [0.1, 0.15) is 41.5 Å². The van der Waals surface area contributed by atoms with Crippen molar-refractivity contribution < 1.29 is 18.0 Å². The van der Waals surface area contributed by atoms with Gasteiger partial charge in [-0.05, 0) is 44.2 Å². The summed E-state index contributed by atoms with van der Waals surface area (Å²) in [4.78, 5) is 26.8. The fourth-order valence-electron chi connectivity index (χ4n) is 2.70. The zero-order valence-corrected chi connectivity index (χ0v) is 16.5. The Morgan fingerprint density at radius 2 is 1.63 bits per heavy atom. The van der Waals surface area contributed by atoms with Crippen LogP contribution in [-0.4, -0.2) is 44.0 Å². The average Bonchev–Trinajstić information content (AvgIpc) is 2.69. The van der Waals surface area contributed by atoms with E-state index in [1.807, 2.05) is 13.8 Å². The first-order chi connectivity index (χ1) is 12.8. The highest BCUT2D eigenvalue weighted by atomic mass is 32.2. The Labute approximate surface area is 160 Å². The minimum absolute atomic E-state index is 0.000345. The van der Waals surface area contributed by atoms with Gasteiger partial charge < -0.3 is 10.2 Å². The van der Waals surface area contributed by atoms with Gasteiger partial charge in [-0.3, -0.25) is 9.59 Å². The van der Waals surface area contributed by atoms with E-state index < -0.39 is 15.7 Å². The summed E-state index contributed by atoms with van der Waals surface area (Å²) in [5, 5.41) is 2.69. The Balaban J connectivity index is 2.30. The second-order valence-corrected chi connectivity index (χ2v) is 8.16. The molecule has 0 aliphatic rings. The molecule has 0 saturated heterocycles. The lowest BCUT2D eigenvalue weighted by atomic mass is 10.1. The number of sulfone groups is 1. The van der Waals surface area contributed by atoms with Crippen molar-refractivity contribution in [1.29, 1.82) is 0 Å². The van der Waals surface area contributed by atoms with Crippen LogP contribution in [0.25, 0.3) is 0 Å². The predicted molar refractivity (Wildman–Crippen MR) is 106 cm³/mol. The zero-order valence-electron chi connectivity index (χ0n) is 15.7. The molecule has 2 amide bonds. The van der Waals surface area contributed by atoms with Gasteiger partial charge in [0.15, 0.2) is 9.84 Å². The van der Waals surface area contributed by atoms with E-state index in [1.54, 1.807) is 41.3 Å². The molecule has 0 fully saturated rings. The molecule has 2 aromatic rings. The van der Waals surface area contributed by atoms with Crippen molar-refractivity contribution in [1.82, 2.24) is 4.90 Å². The quantitative estimate of drug-likeness (QED) is 0.789. The van der Waals surface area contributed by atoms with Gasteiger partial charge in [-0.15, -0.1) is 0 Å². The molecule has 0 unspecified atom stereocenters. The molecule has 1 N–H and O–H groups in total. The first kappa shape index (κ1) is 20.6. The third-order valence-electron chi connectivity index (χ3n) is 4.26. The number of nitrogens with one attached hydrogen (secondary N) is 1. The molecule has 0 spiro atoms. The van der Waals surface area contributed by atoms with Gasteiger partial charge in [0.1, 0.15) is 0 Å². The van der Waals surface area contributed by atoms with E-state index in [-0.39, 0.29) is 22.1 Å². The van der Waals surface area contributed by atoms with Crippen LogP contribution < -0.4 is 5.32 Å². The Kier molecular flexibility index (Phi) is 6.74. The summed E-state index contributed by atoms with van der Waals surface area (Å²) in [5.41, 5.74) is 0.979. The lowest BCUT2D eigenvalue weighted by Crippen LogP contribution is -2.30. The van der Waals surface area contributed by atoms with Crippen LogP contribution in [0.2, 0.25) is 0 Å². The van der Waals surface area contributed by atoms with Crippen molar-refractivity contribution in [3.05, 3.63) is 59.7 Å². The lowest BCUT2D eigenvalue weighted by Gasteiger charge is -2.19. The fraction of sp³-hybridized carbons (Fsp3) is 0.300. The number of anilines is 1. The molecule has 6 nitrogen and oxygen atoms in total. The van der Waals surface area contributed by atoms with Crippen LogP contribution in [0.5, 0.6) is 0 Å². The SMILES string of the molecule is CCN(CC)C(=O)c1cccc(NC(=O)c2ccccc2S(=O)(=O)CC)c1. The summed E-state index contributed by atoms with van der Waals surface area (Å²) in [6, 6.07) is 12.7. The molecular formula is C20H24N2O4S. The van der Waals surface area contributed by atoms with Crippen molar-refractivity contribution in [2.75, 3.05) is 24.2 Å². The monoisotopic (exact) mass is 388 g/mol. The number of benzene rings is 2. The van der Waals surface area contributed by atoms with Gasteiger partial charge in [-0.2, -0.15) is 0 Å². The van der Waals surface area contributed by atoms with E-state index in [1.165, 1.54) is 19.1 Å². The second-order valence-electron chi connectivity index (χ2n) is 5.91. The molecule has 2 aromatic carbocycles. The molecule has 7 heteroatoms. The van der Waals surface area contributed by atoms with E-state index in [2.05, 4.69) is 5.32 Å². The minimum Gasteiger partial charge on any atom is -0.339 e. The Bertz CT molecular complexity index is 935. The molecule has 0 bridgehead atoms. The summed E-state index contributed by atoms with van der Waals surface area (Å²) in [5.74, 6) is -0.745. The number of hydrogen-bond acceptors (Lipinski definition) is 4. The van der Waals surface area contributed by atoms with Gasteiger partial charge in [-0.25, -0.2) is 8.42 Å². The van der Waals surface area contributed by atoms with Gasteiger partial charge in [0.05, 0.1) is 16.2 Å². The number of hydrogen-bond donors (Lipinski definition) is 1. The van der Waals surface area contributed by atoms with Gasteiger partial charge in [0.25, 0.3) is 11.8 Å². The van der Waals surface area contributed by atoms with E-state index in [0.29, 0.717) is 24.3 Å². The molecule has 0 radical (unpaired) electrons. The molecular weight excluding hydrogens is 364 g/mol. The summed E-state index contributed by atoms with van der Waals surface area (Å²) in [6.45, 7) is 6.52. The topological polar surface area (TPSA) is 83.6 Å². The highest BCUT2D eigenvalue weighted by Crippen LogP contribution is 2.20. The first-order valence-corrected chi connectivity index (χ1v) is 10.5. The largest absolute Gasteiger partial charge is 0.339 e. The van der Waals surface area contributed by atoms with Crippen molar-refractivity contribution in [3.63, 3.8) is 0 Å². The third-order valence-corrected chi connectivity index (χ3v) is 6.05. The van der Waals surface area contributed by atoms with Gasteiger partial charge in [0.2, 0.25) is 0 Å². The molecule has 0 aliphatic heterocycles. The molecule has 144 valence electrons. The Morgan fingerprint density at radius 1 is 0.963 bits per heavy atom. The first-order valence-electron chi connectivity index (χ1n) is 8.86. The molecule has 0 aliphatic carbocycles. The summed E-state index contributed by atoms with van der Waals surface area (Å²) < 4.78 is 24.5. The molecule has 0 saturated carbocycles. The minimum atomic E-state index is -3.53. The lowest BCUT2D eigenvalue weighted by molar-refractivity contribution is 0.0772. The standard InChI is InChI=1S/C20H24N2O4S/c1-4-22(5-2)20(24)15-10-9-11-16(14-15)21-19(23)17-12-7-8-13-18(17)27(25,26)6-3/h7-14H,4-6H2,1-3H3,(H,21,23). The predicted octanol–water partition coefficient (Wildman–Crippen LogP) is 3.21. The van der Waals surface area contributed by atoms with Gasteiger partial charge in [-0.1, -0.05) is 25.1 Å². The molecule has 0 atom stereocenters. The average molecular weight is 388 g/mol. The fourth-order valence-corrected chi connectivity index (χ4v) is 3.80. The van der Waals surface area contributed by atoms with Crippen LogP contribution in [0.3, 0.4) is 0 Å². The maximum Gasteiger partial charge on any atom is 0.256 e. The van der Waals surface area contributed by atoms with Crippen molar-refractivity contribution >= 4 is 27.3 Å². The van der Waals surface area contributed by atoms with Crippen LogP contribution >= 0.6 is 0 Å². The number of amides is 2. The molecule has 0 heterocycles. The highest BCUT2D eigenvalue weighted by Gasteiger charge is 2.21. The van der Waals surface area contributed by atoms with Crippen LogP contribution in [0.4, 0.5) is 5.69 Å². The summed E-state index contributed by atoms with van der Waals surface area (Å²) in [6.07, 6.45) is 0. The number of carbonyl (C=O) groups excluding carboxylic acids is 2. The van der Waals surface area contributed by atoms with E-state index >= 15 is 0 Å². The number of carbonyl (C=O) groups is 2. The van der Waals surface area contributed by atoms with E-state index in [4.69, 9.17) is 0 Å². The maximum absolute atomic E-state index is 12.7. The third kappa shape index (κ3) is 4.74.